The minimum absolute atomic E-state index is 0.0143. The number of halogens is 2. The Kier molecular flexibility index (Phi) is 4.71. The summed E-state index contributed by atoms with van der Waals surface area (Å²) in [5.41, 5.74) is 4.46. The van der Waals surface area contributed by atoms with Crippen molar-refractivity contribution >= 4 is 12.1 Å². The zero-order chi connectivity index (χ0) is 12.8. The molecule has 0 bridgehead atoms. The maximum Gasteiger partial charge on any atom is 0.251 e. The van der Waals surface area contributed by atoms with E-state index >= 15 is 0 Å². The van der Waals surface area contributed by atoms with Crippen LogP contribution in [0.25, 0.3) is 0 Å². The zero-order valence-electron chi connectivity index (χ0n) is 8.93. The molecule has 1 radical (unpaired) electrons. The Morgan fingerprint density at radius 2 is 2.18 bits per heavy atom. The van der Waals surface area contributed by atoms with Crippen molar-refractivity contribution in [2.24, 2.45) is 5.73 Å². The van der Waals surface area contributed by atoms with Crippen LogP contribution in [0.15, 0.2) is 12.1 Å². The summed E-state index contributed by atoms with van der Waals surface area (Å²) in [7, 11) is 0. The van der Waals surface area contributed by atoms with Gasteiger partial charge in [0.2, 0.25) is 0 Å². The molecule has 0 spiro atoms. The summed E-state index contributed by atoms with van der Waals surface area (Å²) < 4.78 is 31.6. The highest BCUT2D eigenvalue weighted by molar-refractivity contribution is 5.93. The fraction of sp³-hybridized carbons (Fsp3) is 0.273. The van der Waals surface area contributed by atoms with Gasteiger partial charge in [-0.05, 0) is 24.1 Å². The van der Waals surface area contributed by atoms with Gasteiger partial charge < -0.3 is 15.9 Å². The van der Waals surface area contributed by atoms with Crippen molar-refractivity contribution in [2.75, 3.05) is 13.2 Å². The average Bonchev–Trinajstić information content (AvgIpc) is 2.28. The molecule has 0 saturated carbocycles. The molecule has 0 heterocycles. The van der Waals surface area contributed by atoms with E-state index in [2.05, 4.69) is 0 Å². The van der Waals surface area contributed by atoms with Gasteiger partial charge in [0, 0.05) is 0 Å². The Balaban J connectivity index is 2.84. The van der Waals surface area contributed by atoms with Gasteiger partial charge in [-0.15, -0.1) is 0 Å². The van der Waals surface area contributed by atoms with Crippen LogP contribution in [-0.2, 0) is 11.2 Å². The molecule has 1 rings (SSSR count). The maximum atomic E-state index is 13.6. The van der Waals surface area contributed by atoms with Crippen LogP contribution in [0.2, 0.25) is 0 Å². The van der Waals surface area contributed by atoms with Crippen LogP contribution in [0.5, 0.6) is 0 Å². The van der Waals surface area contributed by atoms with Crippen LogP contribution < -0.4 is 5.73 Å². The Labute approximate surface area is 96.9 Å². The standard InChI is InChI=1S/C11H11F2N2O2/c12-8-5-7(1-3-17-4-2-14)10(13)9(6-8)11(15)16/h5-6,14H,1,3-4H2,(H2,15,16). The van der Waals surface area contributed by atoms with Gasteiger partial charge >= 0.3 is 0 Å². The number of amides is 1. The molecule has 0 aliphatic rings. The number of rotatable bonds is 6. The summed E-state index contributed by atoms with van der Waals surface area (Å²) in [5.74, 6) is -2.58. The summed E-state index contributed by atoms with van der Waals surface area (Å²) in [6, 6.07) is 1.74. The number of carbonyl (C=O) groups excluding carboxylic acids is 1. The normalized spacial score (nSPS) is 10.2. The molecule has 0 aliphatic heterocycles. The molecule has 91 valence electrons. The van der Waals surface area contributed by atoms with Crippen molar-refractivity contribution < 1.29 is 18.3 Å². The van der Waals surface area contributed by atoms with E-state index < -0.39 is 23.1 Å². The molecule has 4 nitrogen and oxygen atoms in total. The predicted molar refractivity (Wildman–Crippen MR) is 57.1 cm³/mol. The van der Waals surface area contributed by atoms with Crippen molar-refractivity contribution in [2.45, 2.75) is 6.42 Å². The monoisotopic (exact) mass is 241 g/mol. The molecule has 0 aromatic heterocycles. The van der Waals surface area contributed by atoms with E-state index in [1.54, 1.807) is 0 Å². The van der Waals surface area contributed by atoms with Crippen LogP contribution in [-0.4, -0.2) is 25.3 Å². The topological polar surface area (TPSA) is 76.2 Å². The van der Waals surface area contributed by atoms with Crippen molar-refractivity contribution in [3.8, 4) is 0 Å². The minimum Gasteiger partial charge on any atom is -0.375 e. The fourth-order valence-corrected chi connectivity index (χ4v) is 1.31. The lowest BCUT2D eigenvalue weighted by Crippen LogP contribution is -2.15. The molecule has 0 fully saturated rings. The van der Waals surface area contributed by atoms with Gasteiger partial charge in [-0.1, -0.05) is 0 Å². The third kappa shape index (κ3) is 3.60. The molecule has 3 N–H and O–H groups in total. The summed E-state index contributed by atoms with van der Waals surface area (Å²) in [6.07, 6.45) is 2.08. The molecular formula is C11H11F2N2O2. The Hall–Kier alpha value is -1.82. The average molecular weight is 241 g/mol. The highest BCUT2D eigenvalue weighted by Gasteiger charge is 2.14. The van der Waals surface area contributed by atoms with Gasteiger partial charge in [0.1, 0.15) is 11.6 Å². The van der Waals surface area contributed by atoms with Gasteiger partial charge in [0.05, 0.1) is 25.0 Å². The van der Waals surface area contributed by atoms with Crippen LogP contribution in [0, 0.1) is 17.0 Å². The third-order valence-corrected chi connectivity index (χ3v) is 2.07. The molecule has 0 atom stereocenters. The van der Waals surface area contributed by atoms with Gasteiger partial charge in [0.15, 0.2) is 0 Å². The first-order chi connectivity index (χ1) is 8.06. The summed E-state index contributed by atoms with van der Waals surface area (Å²) >= 11 is 0. The zero-order valence-corrected chi connectivity index (χ0v) is 8.93. The van der Waals surface area contributed by atoms with E-state index in [0.29, 0.717) is 0 Å². The highest BCUT2D eigenvalue weighted by Crippen LogP contribution is 2.16. The SMILES string of the molecule is N=[C]COCCc1cc(F)cc(C(N)=O)c1F. The lowest BCUT2D eigenvalue weighted by Gasteiger charge is -2.06. The van der Waals surface area contributed by atoms with Crippen LogP contribution in [0.3, 0.4) is 0 Å². The lowest BCUT2D eigenvalue weighted by molar-refractivity contribution is 0.0995. The summed E-state index contributed by atoms with van der Waals surface area (Å²) in [6.45, 7) is 0.0874. The van der Waals surface area contributed by atoms with Crippen LogP contribution >= 0.6 is 0 Å². The molecule has 1 aromatic rings. The second-order valence-electron chi connectivity index (χ2n) is 3.27. The van der Waals surface area contributed by atoms with E-state index in [1.165, 1.54) is 0 Å². The second kappa shape index (κ2) is 6.05. The number of hydrogen-bond acceptors (Lipinski definition) is 3. The smallest absolute Gasteiger partial charge is 0.251 e. The summed E-state index contributed by atoms with van der Waals surface area (Å²) in [4.78, 5) is 10.9. The maximum absolute atomic E-state index is 13.6. The van der Waals surface area contributed by atoms with E-state index in [9.17, 15) is 13.6 Å². The van der Waals surface area contributed by atoms with E-state index in [4.69, 9.17) is 15.9 Å². The van der Waals surface area contributed by atoms with E-state index in [0.717, 1.165) is 12.1 Å². The summed E-state index contributed by atoms with van der Waals surface area (Å²) in [5, 5.41) is 6.58. The second-order valence-corrected chi connectivity index (χ2v) is 3.27. The Morgan fingerprint density at radius 3 is 2.76 bits per heavy atom. The molecule has 0 unspecified atom stereocenters. The van der Waals surface area contributed by atoms with Crippen molar-refractivity contribution in [1.29, 1.82) is 5.41 Å². The number of carbonyl (C=O) groups is 1. The van der Waals surface area contributed by atoms with E-state index in [-0.39, 0.29) is 25.2 Å². The molecule has 17 heavy (non-hydrogen) atoms. The van der Waals surface area contributed by atoms with Crippen LogP contribution in [0.4, 0.5) is 8.78 Å². The number of nitrogens with two attached hydrogens (primary N) is 1. The van der Waals surface area contributed by atoms with Crippen LogP contribution in [0.1, 0.15) is 15.9 Å². The molecule has 0 saturated heterocycles. The number of ether oxygens (including phenoxy) is 1. The van der Waals surface area contributed by atoms with Gasteiger partial charge in [0.25, 0.3) is 5.91 Å². The highest BCUT2D eigenvalue weighted by atomic mass is 19.1. The van der Waals surface area contributed by atoms with Crippen molar-refractivity contribution in [3.63, 3.8) is 0 Å². The number of benzene rings is 1. The molecule has 1 aromatic carbocycles. The largest absolute Gasteiger partial charge is 0.375 e. The van der Waals surface area contributed by atoms with Gasteiger partial charge in [-0.25, -0.2) is 8.78 Å². The molecule has 6 heteroatoms. The van der Waals surface area contributed by atoms with Gasteiger partial charge in [-0.2, -0.15) is 0 Å². The van der Waals surface area contributed by atoms with Crippen molar-refractivity contribution in [1.82, 2.24) is 0 Å². The Bertz CT molecular complexity index is 436. The molecule has 0 aliphatic carbocycles. The number of hydrogen-bond donors (Lipinski definition) is 2. The first-order valence-electron chi connectivity index (χ1n) is 4.81. The first-order valence-corrected chi connectivity index (χ1v) is 4.81. The lowest BCUT2D eigenvalue weighted by atomic mass is 10.1. The number of primary amides is 1. The predicted octanol–water partition coefficient (Wildman–Crippen LogP) is 1.15. The first kappa shape index (κ1) is 13.2. The molecular weight excluding hydrogens is 230 g/mol. The quantitative estimate of drug-likeness (QED) is 0.579. The van der Waals surface area contributed by atoms with E-state index in [1.807, 2.05) is 6.21 Å². The fourth-order valence-electron chi connectivity index (χ4n) is 1.31. The Morgan fingerprint density at radius 1 is 1.47 bits per heavy atom. The molecule has 1 amide bonds. The third-order valence-electron chi connectivity index (χ3n) is 2.07. The van der Waals surface area contributed by atoms with Gasteiger partial charge in [-0.3, -0.25) is 4.79 Å². The number of nitrogens with one attached hydrogen (secondary N) is 1. The van der Waals surface area contributed by atoms with Crippen molar-refractivity contribution in [3.05, 3.63) is 34.9 Å². The minimum atomic E-state index is -1.02.